The van der Waals surface area contributed by atoms with E-state index in [0.717, 1.165) is 0 Å². The molecule has 6 heteroatoms. The molecule has 0 aliphatic heterocycles. The minimum atomic E-state index is -0.329. The largest absolute Gasteiger partial charge is 0.419 e. The molecule has 4 nitrogen and oxygen atoms in total. The lowest BCUT2D eigenvalue weighted by Crippen LogP contribution is -1.95. The van der Waals surface area contributed by atoms with Gasteiger partial charge in [-0.15, -0.1) is 10.2 Å². The van der Waals surface area contributed by atoms with Crippen molar-refractivity contribution >= 4 is 15.9 Å². The number of hydrogen-bond acceptors (Lipinski definition) is 4. The Bertz CT molecular complexity index is 486. The Morgan fingerprint density at radius 3 is 2.80 bits per heavy atom. The highest BCUT2D eigenvalue weighted by molar-refractivity contribution is 9.10. The van der Waals surface area contributed by atoms with E-state index in [1.807, 2.05) is 0 Å². The van der Waals surface area contributed by atoms with Crippen LogP contribution in [-0.2, 0) is 6.54 Å². The van der Waals surface area contributed by atoms with Crippen LogP contribution in [-0.4, -0.2) is 10.2 Å². The summed E-state index contributed by atoms with van der Waals surface area (Å²) in [5, 5.41) is 7.52. The molecule has 0 saturated carbocycles. The first-order valence-corrected chi connectivity index (χ1v) is 4.98. The molecule has 0 atom stereocenters. The van der Waals surface area contributed by atoms with Crippen LogP contribution in [0.3, 0.4) is 0 Å². The van der Waals surface area contributed by atoms with Crippen LogP contribution in [0.1, 0.15) is 5.89 Å². The summed E-state index contributed by atoms with van der Waals surface area (Å²) in [5.74, 6) is 0.340. The summed E-state index contributed by atoms with van der Waals surface area (Å²) in [5.41, 5.74) is 5.98. The van der Waals surface area contributed by atoms with E-state index in [-0.39, 0.29) is 12.4 Å². The van der Waals surface area contributed by atoms with Crippen LogP contribution in [0.4, 0.5) is 4.39 Å². The first kappa shape index (κ1) is 10.3. The molecule has 0 spiro atoms. The van der Waals surface area contributed by atoms with Crippen molar-refractivity contribution in [3.8, 4) is 11.5 Å². The van der Waals surface area contributed by atoms with Crippen molar-refractivity contribution in [2.45, 2.75) is 6.54 Å². The van der Waals surface area contributed by atoms with E-state index in [2.05, 4.69) is 26.1 Å². The standard InChI is InChI=1S/C9H7BrFN3O/c10-7-3-5(11)1-2-6(7)9-14-13-8(4-12)15-9/h1-3H,4,12H2. The van der Waals surface area contributed by atoms with Gasteiger partial charge in [0.2, 0.25) is 11.8 Å². The van der Waals surface area contributed by atoms with E-state index in [4.69, 9.17) is 10.2 Å². The summed E-state index contributed by atoms with van der Waals surface area (Å²) >= 11 is 3.22. The van der Waals surface area contributed by atoms with Crippen LogP contribution in [0.15, 0.2) is 27.1 Å². The molecule has 1 aromatic heterocycles. The molecule has 0 aliphatic carbocycles. The number of halogens is 2. The van der Waals surface area contributed by atoms with E-state index >= 15 is 0 Å². The van der Waals surface area contributed by atoms with Crippen molar-refractivity contribution in [3.63, 3.8) is 0 Å². The summed E-state index contributed by atoms with van der Waals surface area (Å²) in [6, 6.07) is 4.22. The van der Waals surface area contributed by atoms with Gasteiger partial charge >= 0.3 is 0 Å². The average molecular weight is 272 g/mol. The summed E-state index contributed by atoms with van der Waals surface area (Å²) < 4.78 is 18.6. The minimum absolute atomic E-state index is 0.186. The summed E-state index contributed by atoms with van der Waals surface area (Å²) in [7, 11) is 0. The molecule has 0 amide bonds. The smallest absolute Gasteiger partial charge is 0.248 e. The van der Waals surface area contributed by atoms with E-state index in [0.29, 0.717) is 21.8 Å². The maximum absolute atomic E-state index is 12.8. The van der Waals surface area contributed by atoms with Crippen molar-refractivity contribution in [1.29, 1.82) is 0 Å². The lowest BCUT2D eigenvalue weighted by atomic mass is 10.2. The van der Waals surface area contributed by atoms with Crippen LogP contribution >= 0.6 is 15.9 Å². The Hall–Kier alpha value is -1.27. The second-order valence-corrected chi connectivity index (χ2v) is 3.68. The van der Waals surface area contributed by atoms with E-state index < -0.39 is 0 Å². The van der Waals surface area contributed by atoms with Crippen LogP contribution in [0.2, 0.25) is 0 Å². The van der Waals surface area contributed by atoms with Crippen LogP contribution in [0, 0.1) is 5.82 Å². The summed E-state index contributed by atoms with van der Waals surface area (Å²) in [6.07, 6.45) is 0. The number of hydrogen-bond donors (Lipinski definition) is 1. The molecule has 0 fully saturated rings. The van der Waals surface area contributed by atoms with Crippen LogP contribution in [0.25, 0.3) is 11.5 Å². The molecule has 0 saturated heterocycles. The molecule has 0 aliphatic rings. The Balaban J connectivity index is 2.44. The maximum Gasteiger partial charge on any atom is 0.248 e. The van der Waals surface area contributed by atoms with Gasteiger partial charge in [0, 0.05) is 4.47 Å². The zero-order chi connectivity index (χ0) is 10.8. The van der Waals surface area contributed by atoms with Crippen LogP contribution in [0.5, 0.6) is 0 Å². The molecule has 1 aromatic carbocycles. The topological polar surface area (TPSA) is 64.9 Å². The third kappa shape index (κ3) is 2.05. The zero-order valence-electron chi connectivity index (χ0n) is 7.58. The molecule has 1 heterocycles. The van der Waals surface area contributed by atoms with E-state index in [1.165, 1.54) is 12.1 Å². The predicted molar refractivity (Wildman–Crippen MR) is 55.3 cm³/mol. The summed E-state index contributed by atoms with van der Waals surface area (Å²) in [4.78, 5) is 0. The number of rotatable bonds is 2. The van der Waals surface area contributed by atoms with Gasteiger partial charge in [-0.05, 0) is 34.1 Å². The van der Waals surface area contributed by atoms with E-state index in [9.17, 15) is 4.39 Å². The summed E-state index contributed by atoms with van der Waals surface area (Å²) in [6.45, 7) is 0.186. The van der Waals surface area contributed by atoms with Gasteiger partial charge in [0.1, 0.15) is 5.82 Å². The van der Waals surface area contributed by atoms with Crippen molar-refractivity contribution < 1.29 is 8.81 Å². The van der Waals surface area contributed by atoms with Crippen molar-refractivity contribution in [2.75, 3.05) is 0 Å². The quantitative estimate of drug-likeness (QED) is 0.909. The lowest BCUT2D eigenvalue weighted by molar-refractivity contribution is 0.508. The lowest BCUT2D eigenvalue weighted by Gasteiger charge is -1.98. The Kier molecular flexibility index (Phi) is 2.79. The number of benzene rings is 1. The molecular formula is C9H7BrFN3O. The predicted octanol–water partition coefficient (Wildman–Crippen LogP) is 2.10. The van der Waals surface area contributed by atoms with Gasteiger partial charge in [0.05, 0.1) is 12.1 Å². The molecule has 0 bridgehead atoms. The SMILES string of the molecule is NCc1nnc(-c2ccc(F)cc2Br)o1. The van der Waals surface area contributed by atoms with Gasteiger partial charge in [0.25, 0.3) is 0 Å². The highest BCUT2D eigenvalue weighted by atomic mass is 79.9. The second kappa shape index (κ2) is 4.08. The van der Waals surface area contributed by atoms with Crippen molar-refractivity contribution in [2.24, 2.45) is 5.73 Å². The molecule has 2 N–H and O–H groups in total. The first-order valence-electron chi connectivity index (χ1n) is 4.18. The average Bonchev–Trinajstić information content (AvgIpc) is 2.66. The molecule has 2 aromatic rings. The first-order chi connectivity index (χ1) is 7.20. The third-order valence-electron chi connectivity index (χ3n) is 1.80. The fourth-order valence-electron chi connectivity index (χ4n) is 1.11. The van der Waals surface area contributed by atoms with Crippen LogP contribution < -0.4 is 5.73 Å². The number of aromatic nitrogens is 2. The van der Waals surface area contributed by atoms with Gasteiger partial charge < -0.3 is 10.2 Å². The zero-order valence-corrected chi connectivity index (χ0v) is 9.16. The molecule has 0 unspecified atom stereocenters. The monoisotopic (exact) mass is 271 g/mol. The highest BCUT2D eigenvalue weighted by Gasteiger charge is 2.11. The Labute approximate surface area is 93.4 Å². The van der Waals surface area contributed by atoms with Gasteiger partial charge in [-0.25, -0.2) is 4.39 Å². The third-order valence-corrected chi connectivity index (χ3v) is 2.46. The molecule has 78 valence electrons. The normalized spacial score (nSPS) is 10.6. The van der Waals surface area contributed by atoms with E-state index in [1.54, 1.807) is 6.07 Å². The fraction of sp³-hybridized carbons (Fsp3) is 0.111. The second-order valence-electron chi connectivity index (χ2n) is 2.83. The highest BCUT2D eigenvalue weighted by Crippen LogP contribution is 2.27. The number of nitrogens with zero attached hydrogens (tertiary/aromatic N) is 2. The Morgan fingerprint density at radius 1 is 1.40 bits per heavy atom. The minimum Gasteiger partial charge on any atom is -0.419 e. The molecular weight excluding hydrogens is 265 g/mol. The molecule has 0 radical (unpaired) electrons. The molecule has 15 heavy (non-hydrogen) atoms. The van der Waals surface area contributed by atoms with Gasteiger partial charge in [-0.2, -0.15) is 0 Å². The van der Waals surface area contributed by atoms with Gasteiger partial charge in [0.15, 0.2) is 0 Å². The van der Waals surface area contributed by atoms with Gasteiger partial charge in [-0.1, -0.05) is 0 Å². The maximum atomic E-state index is 12.8. The number of nitrogens with two attached hydrogens (primary N) is 1. The fourth-order valence-corrected chi connectivity index (χ4v) is 1.63. The Morgan fingerprint density at radius 2 is 2.20 bits per heavy atom. The van der Waals surface area contributed by atoms with Gasteiger partial charge in [-0.3, -0.25) is 0 Å². The molecule has 2 rings (SSSR count). The van der Waals surface area contributed by atoms with Crippen molar-refractivity contribution in [3.05, 3.63) is 34.4 Å². The van der Waals surface area contributed by atoms with Crippen molar-refractivity contribution in [1.82, 2.24) is 10.2 Å².